The number of fused-ring (bicyclic) bond motifs is 5. The third-order valence-corrected chi connectivity index (χ3v) is 11.2. The van der Waals surface area contributed by atoms with Gasteiger partial charge in [-0.05, 0) is 115 Å². The van der Waals surface area contributed by atoms with Crippen LogP contribution in [0.15, 0.2) is 182 Å². The fourth-order valence-electron chi connectivity index (χ4n) is 8.59. The van der Waals surface area contributed by atoms with Gasteiger partial charge < -0.3 is 10.2 Å². The third-order valence-electron chi connectivity index (χ3n) is 11.2. The van der Waals surface area contributed by atoms with Crippen LogP contribution in [-0.2, 0) is 0 Å². The Morgan fingerprint density at radius 3 is 1.86 bits per heavy atom. The molecule has 59 heavy (non-hydrogen) atoms. The number of aromatic amines is 2. The van der Waals surface area contributed by atoms with Crippen molar-refractivity contribution in [3.8, 4) is 62.0 Å². The number of rotatable bonds is 5. The molecular weight excluding hydrogens is 714 g/mol. The molecule has 0 atom stereocenters. The first kappa shape index (κ1) is 37.9. The van der Waals surface area contributed by atoms with Crippen LogP contribution in [0.25, 0.3) is 105 Å². The second-order valence-electron chi connectivity index (χ2n) is 14.4. The van der Waals surface area contributed by atoms with Crippen LogP contribution in [0.3, 0.4) is 0 Å². The molecule has 0 saturated heterocycles. The maximum Gasteiger partial charge on any atom is 1.00 e. The molecule has 0 spiro atoms. The number of pyridine rings is 2. The zero-order chi connectivity index (χ0) is 38.0. The number of nitrogens with one attached hydrogen (secondary N) is 2. The first-order valence-electron chi connectivity index (χ1n) is 19.0. The molecule has 6 nitrogen and oxygen atoms in total. The van der Waals surface area contributed by atoms with Crippen LogP contribution in [0, 0.1) is 0 Å². The monoisotopic (exact) mass is 746 g/mol. The summed E-state index contributed by atoms with van der Waals surface area (Å²) in [5.41, 5.74) is 10.7. The minimum atomic E-state index is -0.0620. The zero-order valence-electron chi connectivity index (χ0n) is 32.5. The Morgan fingerprint density at radius 2 is 1.07 bits per heavy atom. The maximum absolute atomic E-state index is 14.4. The average Bonchev–Trinajstić information content (AvgIpc) is 3.67. The van der Waals surface area contributed by atoms with Crippen LogP contribution in [-0.4, -0.2) is 9.55 Å². The molecule has 8 heteroatoms. The summed E-state index contributed by atoms with van der Waals surface area (Å²) in [4.78, 5) is 11.5. The predicted octanol–water partition coefficient (Wildman–Crippen LogP) is 4.09. The van der Waals surface area contributed by atoms with Crippen molar-refractivity contribution < 1.29 is 57.9 Å². The summed E-state index contributed by atoms with van der Waals surface area (Å²) in [6.07, 6.45) is 3.58. The second-order valence-corrected chi connectivity index (χ2v) is 14.4. The van der Waals surface area contributed by atoms with Crippen molar-refractivity contribution in [1.82, 2.24) is 9.55 Å². The fourth-order valence-corrected chi connectivity index (χ4v) is 8.59. The van der Waals surface area contributed by atoms with Crippen molar-refractivity contribution in [2.75, 3.05) is 0 Å². The maximum atomic E-state index is 14.4. The number of hydrogen-bond acceptors (Lipinski definition) is 3. The summed E-state index contributed by atoms with van der Waals surface area (Å²) >= 11 is 0. The van der Waals surface area contributed by atoms with Crippen molar-refractivity contribution in [1.29, 1.82) is 0 Å². The predicted molar refractivity (Wildman–Crippen MR) is 225 cm³/mol. The Kier molecular flexibility index (Phi) is 9.81. The molecule has 2 N–H and O–H groups in total. The van der Waals surface area contributed by atoms with Gasteiger partial charge in [-0.15, -0.1) is 0 Å². The van der Waals surface area contributed by atoms with E-state index in [4.69, 9.17) is 4.98 Å². The first-order chi connectivity index (χ1) is 28.1. The van der Waals surface area contributed by atoms with E-state index < -0.39 is 0 Å². The molecule has 0 fully saturated rings. The van der Waals surface area contributed by atoms with Crippen LogP contribution in [0.1, 0.15) is 0 Å². The van der Waals surface area contributed by atoms with E-state index in [0.717, 1.165) is 88.2 Å². The Labute approximate surface area is 363 Å². The largest absolute Gasteiger partial charge is 1.00 e. The minimum absolute atomic E-state index is 0. The van der Waals surface area contributed by atoms with Crippen LogP contribution in [0.4, 0.5) is 0 Å². The number of aromatic nitrogens is 4. The van der Waals surface area contributed by atoms with Crippen molar-refractivity contribution in [3.63, 3.8) is 0 Å². The summed E-state index contributed by atoms with van der Waals surface area (Å²) in [7, 11) is 0. The number of para-hydroxylation sites is 3. The smallest absolute Gasteiger partial charge is 0.868 e. The van der Waals surface area contributed by atoms with E-state index in [1.165, 1.54) is 0 Å². The molecule has 0 aliphatic heterocycles. The molecule has 8 aromatic carbocycles. The minimum Gasteiger partial charge on any atom is -0.868 e. The number of hydrogen-bond donors (Lipinski definition) is 0. The van der Waals surface area contributed by atoms with Gasteiger partial charge in [0.25, 0.3) is 0 Å². The molecule has 3 heterocycles. The molecule has 0 amide bonds. The van der Waals surface area contributed by atoms with Gasteiger partial charge in [-0.1, -0.05) is 109 Å². The van der Waals surface area contributed by atoms with E-state index in [0.29, 0.717) is 16.6 Å². The quantitative estimate of drug-likeness (QED) is 0.197. The van der Waals surface area contributed by atoms with Gasteiger partial charge in [-0.3, -0.25) is 4.57 Å². The number of nitrogens with zero attached hydrogens (tertiary/aromatic N) is 2. The van der Waals surface area contributed by atoms with E-state index in [2.05, 4.69) is 87.3 Å². The van der Waals surface area contributed by atoms with Crippen LogP contribution in [0.2, 0.25) is 0 Å². The zero-order valence-corrected chi connectivity index (χ0v) is 32.5. The van der Waals surface area contributed by atoms with E-state index in [1.807, 2.05) is 91.0 Å². The Hall–Kier alpha value is -6.64. The molecule has 0 radical (unpaired) electrons. The molecular formula is C51H32Li2N4O2+2. The summed E-state index contributed by atoms with van der Waals surface area (Å²) in [5, 5.41) is 33.1. The molecule has 11 aromatic rings. The summed E-state index contributed by atoms with van der Waals surface area (Å²) in [6.45, 7) is 0. The van der Waals surface area contributed by atoms with Gasteiger partial charge in [0.1, 0.15) is 5.82 Å². The fraction of sp³-hybridized carbons (Fsp3) is 0. The van der Waals surface area contributed by atoms with Crippen molar-refractivity contribution in [3.05, 3.63) is 182 Å². The molecule has 3 aromatic heterocycles. The van der Waals surface area contributed by atoms with E-state index in [1.54, 1.807) is 18.5 Å². The first-order valence-corrected chi connectivity index (χ1v) is 19.0. The molecule has 11 rings (SSSR count). The van der Waals surface area contributed by atoms with Crippen molar-refractivity contribution in [2.45, 2.75) is 0 Å². The summed E-state index contributed by atoms with van der Waals surface area (Å²) in [5.74, 6) is 0.752. The number of imidazole rings is 1. The Morgan fingerprint density at radius 1 is 0.458 bits per heavy atom. The number of H-pyrrole nitrogens is 2. The average molecular weight is 747 g/mol. The summed E-state index contributed by atoms with van der Waals surface area (Å²) < 4.78 is 2.21. The van der Waals surface area contributed by atoms with Crippen LogP contribution >= 0.6 is 0 Å². The summed E-state index contributed by atoms with van der Waals surface area (Å²) in [6, 6.07) is 57.2. The van der Waals surface area contributed by atoms with Gasteiger partial charge in [0.2, 0.25) is 11.0 Å². The van der Waals surface area contributed by atoms with Crippen molar-refractivity contribution in [2.24, 2.45) is 0 Å². The third kappa shape index (κ3) is 6.18. The Balaban J connectivity index is 0.00000224. The van der Waals surface area contributed by atoms with Gasteiger partial charge in [-0.2, -0.15) is 0 Å². The molecule has 0 aliphatic rings. The second kappa shape index (κ2) is 15.3. The molecule has 0 aliphatic carbocycles. The molecule has 0 saturated carbocycles. The van der Waals surface area contributed by atoms with Crippen LogP contribution < -0.4 is 57.9 Å². The van der Waals surface area contributed by atoms with Gasteiger partial charge in [0, 0.05) is 28.8 Å². The molecule has 0 unspecified atom stereocenters. The van der Waals surface area contributed by atoms with Gasteiger partial charge >= 0.3 is 37.7 Å². The van der Waals surface area contributed by atoms with Crippen molar-refractivity contribution >= 4 is 54.4 Å². The normalized spacial score (nSPS) is 11.3. The standard InChI is InChI=1S/C51H32N4O2.2Li/c56-45-27-26-38(40-15-9-29-53-49(40)45)46-36-13-4-5-14-37(36)47(41-25-22-32-10-8-28-52-48(32)50(41)57)42-30-34(23-24-39(42)46)31-18-20-33(21-19-31)51-54-43-16-6-7-17-44(43)55(51)35-11-2-1-3-12-35;;/h1-30,56-57H;;/q;2*+1. The number of benzene rings is 8. The van der Waals surface area contributed by atoms with E-state index in [-0.39, 0.29) is 49.2 Å². The van der Waals surface area contributed by atoms with Gasteiger partial charge in [-0.25, -0.2) is 15.0 Å². The Bertz CT molecular complexity index is 3390. The SMILES string of the molecule is [Li+].[Li+].[O-]c1c(-c2c3ccccc3c(-c3ccc([O-])c4[nH+]cccc34)c3ccc(-c4ccc(-c5nc6ccccc6n5-c5ccccc5)cc4)cc23)ccc2ccc[nH+]c12. The van der Waals surface area contributed by atoms with E-state index >= 15 is 0 Å². The van der Waals surface area contributed by atoms with Gasteiger partial charge in [0.15, 0.2) is 12.4 Å². The molecule has 268 valence electrons. The van der Waals surface area contributed by atoms with E-state index in [9.17, 15) is 10.2 Å². The topological polar surface area (TPSA) is 92.2 Å². The molecule has 0 bridgehead atoms. The van der Waals surface area contributed by atoms with Crippen LogP contribution in [0.5, 0.6) is 11.5 Å². The van der Waals surface area contributed by atoms with Gasteiger partial charge in [0.05, 0.1) is 16.4 Å².